The highest BCUT2D eigenvalue weighted by Gasteiger charge is 2.59. The summed E-state index contributed by atoms with van der Waals surface area (Å²) in [7, 11) is 0. The van der Waals surface area contributed by atoms with Gasteiger partial charge in [0.15, 0.2) is 0 Å². The average Bonchev–Trinajstić information content (AvgIpc) is 2.23. The third kappa shape index (κ3) is 3.94. The van der Waals surface area contributed by atoms with Crippen LogP contribution >= 0.6 is 11.6 Å². The van der Waals surface area contributed by atoms with E-state index in [1.807, 2.05) is 0 Å². The van der Waals surface area contributed by atoms with E-state index in [4.69, 9.17) is 11.6 Å². The summed E-state index contributed by atoms with van der Waals surface area (Å²) in [6.45, 7) is 0. The van der Waals surface area contributed by atoms with Gasteiger partial charge in [-0.2, -0.15) is 26.3 Å². The second kappa shape index (κ2) is 5.21. The molecule has 0 spiro atoms. The second-order valence-electron chi connectivity index (χ2n) is 3.22. The Hall–Kier alpha value is -1.18. The van der Waals surface area contributed by atoms with Gasteiger partial charge in [-0.15, -0.1) is 11.6 Å². The summed E-state index contributed by atoms with van der Waals surface area (Å²) in [4.78, 5) is 3.31. The van der Waals surface area contributed by atoms with Crippen LogP contribution in [0.25, 0.3) is 0 Å². The molecule has 0 amide bonds. The lowest BCUT2D eigenvalue weighted by molar-refractivity contribution is -0.300. The van der Waals surface area contributed by atoms with Gasteiger partial charge in [0.1, 0.15) is 0 Å². The van der Waals surface area contributed by atoms with E-state index in [0.29, 0.717) is 5.56 Å². The predicted octanol–water partition coefficient (Wildman–Crippen LogP) is 3.69. The van der Waals surface area contributed by atoms with Gasteiger partial charge in [0, 0.05) is 18.1 Å². The number of hydrogen-bond acceptors (Lipinski definition) is 2. The van der Waals surface area contributed by atoms with E-state index in [1.54, 1.807) is 0 Å². The van der Waals surface area contributed by atoms with E-state index in [9.17, 15) is 26.3 Å². The third-order valence-corrected chi connectivity index (χ3v) is 2.09. The molecule has 1 rings (SSSR count). The van der Waals surface area contributed by atoms with Crippen LogP contribution in [0, 0.1) is 0 Å². The van der Waals surface area contributed by atoms with Crippen LogP contribution in [0.4, 0.5) is 26.3 Å². The zero-order valence-corrected chi connectivity index (χ0v) is 9.27. The standard InChI is InChI=1S/C9H6ClF6NO/c10-3-5-1-2-6(17-4-5)18-7(8(11,12)13)9(14,15)16/h1-2,4,7H,3H2. The normalized spacial score (nSPS) is 12.9. The number of pyridine rings is 1. The summed E-state index contributed by atoms with van der Waals surface area (Å²) in [5.74, 6) is -0.738. The predicted molar refractivity (Wildman–Crippen MR) is 50.3 cm³/mol. The van der Waals surface area contributed by atoms with E-state index in [2.05, 4.69) is 9.72 Å². The molecule has 1 aromatic heterocycles. The summed E-state index contributed by atoms with van der Waals surface area (Å²) in [6.07, 6.45) is -14.0. The Morgan fingerprint density at radius 3 is 2.00 bits per heavy atom. The molecule has 1 heterocycles. The average molecular weight is 294 g/mol. The number of nitrogens with zero attached hydrogens (tertiary/aromatic N) is 1. The molecule has 0 N–H and O–H groups in total. The van der Waals surface area contributed by atoms with Crippen LogP contribution in [-0.2, 0) is 5.88 Å². The molecule has 0 aromatic carbocycles. The number of ether oxygens (including phenoxy) is 1. The fraction of sp³-hybridized carbons (Fsp3) is 0.444. The monoisotopic (exact) mass is 293 g/mol. The molecule has 0 radical (unpaired) electrons. The summed E-state index contributed by atoms with van der Waals surface area (Å²) in [5, 5.41) is 0. The Labute approximate surface area is 103 Å². The zero-order valence-electron chi connectivity index (χ0n) is 8.52. The molecule has 0 fully saturated rings. The fourth-order valence-electron chi connectivity index (χ4n) is 1.000. The lowest BCUT2D eigenvalue weighted by Gasteiger charge is -2.23. The molecule has 9 heteroatoms. The van der Waals surface area contributed by atoms with E-state index in [0.717, 1.165) is 12.3 Å². The van der Waals surface area contributed by atoms with E-state index in [-0.39, 0.29) is 5.88 Å². The van der Waals surface area contributed by atoms with Crippen LogP contribution in [0.5, 0.6) is 5.88 Å². The van der Waals surface area contributed by atoms with Gasteiger partial charge < -0.3 is 4.74 Å². The SMILES string of the molecule is FC(F)(F)C(Oc1ccc(CCl)cn1)C(F)(F)F. The van der Waals surface area contributed by atoms with Gasteiger partial charge in [-0.3, -0.25) is 0 Å². The van der Waals surface area contributed by atoms with Crippen molar-refractivity contribution >= 4 is 11.6 Å². The van der Waals surface area contributed by atoms with Crippen molar-refractivity contribution in [3.63, 3.8) is 0 Å². The number of rotatable bonds is 3. The first-order valence-electron chi connectivity index (χ1n) is 4.45. The maximum Gasteiger partial charge on any atom is 0.434 e. The van der Waals surface area contributed by atoms with Gasteiger partial charge in [0.25, 0.3) is 6.10 Å². The zero-order chi connectivity index (χ0) is 14.0. The summed E-state index contributed by atoms with van der Waals surface area (Å²) in [6, 6.07) is 2.11. The Kier molecular flexibility index (Phi) is 4.31. The summed E-state index contributed by atoms with van der Waals surface area (Å²) < 4.78 is 76.8. The van der Waals surface area contributed by atoms with Crippen LogP contribution in [0.2, 0.25) is 0 Å². The van der Waals surface area contributed by atoms with E-state index >= 15 is 0 Å². The van der Waals surface area contributed by atoms with Crippen molar-refractivity contribution in [2.45, 2.75) is 24.3 Å². The first-order valence-corrected chi connectivity index (χ1v) is 4.99. The maximum atomic E-state index is 12.2. The number of halogens is 7. The van der Waals surface area contributed by atoms with Crippen LogP contribution in [0.3, 0.4) is 0 Å². The summed E-state index contributed by atoms with van der Waals surface area (Å²) >= 11 is 5.39. The minimum atomic E-state index is -5.56. The molecule has 18 heavy (non-hydrogen) atoms. The highest BCUT2D eigenvalue weighted by molar-refractivity contribution is 6.17. The molecule has 0 bridgehead atoms. The van der Waals surface area contributed by atoms with Gasteiger partial charge >= 0.3 is 12.4 Å². The van der Waals surface area contributed by atoms with Crippen molar-refractivity contribution < 1.29 is 31.1 Å². The fourth-order valence-corrected chi connectivity index (χ4v) is 1.16. The minimum absolute atomic E-state index is 0.0370. The Morgan fingerprint density at radius 2 is 1.67 bits per heavy atom. The van der Waals surface area contributed by atoms with E-state index in [1.165, 1.54) is 6.07 Å². The van der Waals surface area contributed by atoms with Crippen molar-refractivity contribution in [2.75, 3.05) is 0 Å². The van der Waals surface area contributed by atoms with Gasteiger partial charge in [0.2, 0.25) is 5.88 Å². The Bertz CT molecular complexity index is 374. The first-order chi connectivity index (χ1) is 8.14. The minimum Gasteiger partial charge on any atom is -0.455 e. The molecule has 0 unspecified atom stereocenters. The van der Waals surface area contributed by atoms with Crippen molar-refractivity contribution in [2.24, 2.45) is 0 Å². The van der Waals surface area contributed by atoms with Crippen LogP contribution in [0.15, 0.2) is 18.3 Å². The molecule has 2 nitrogen and oxygen atoms in total. The topological polar surface area (TPSA) is 22.1 Å². The Balaban J connectivity index is 2.90. The molecule has 0 saturated heterocycles. The van der Waals surface area contributed by atoms with Gasteiger partial charge in [-0.1, -0.05) is 6.07 Å². The highest BCUT2D eigenvalue weighted by Crippen LogP contribution is 2.35. The van der Waals surface area contributed by atoms with Crippen molar-refractivity contribution in [3.8, 4) is 5.88 Å². The molecular weight excluding hydrogens is 288 g/mol. The lowest BCUT2D eigenvalue weighted by atomic mass is 10.3. The largest absolute Gasteiger partial charge is 0.455 e. The molecular formula is C9H6ClF6NO. The van der Waals surface area contributed by atoms with Crippen LogP contribution < -0.4 is 4.74 Å². The second-order valence-corrected chi connectivity index (χ2v) is 3.49. The quantitative estimate of drug-likeness (QED) is 0.626. The van der Waals surface area contributed by atoms with Gasteiger partial charge in [-0.25, -0.2) is 4.98 Å². The smallest absolute Gasteiger partial charge is 0.434 e. The molecule has 0 aliphatic heterocycles. The number of alkyl halides is 7. The molecule has 0 saturated carbocycles. The van der Waals surface area contributed by atoms with Crippen LogP contribution in [0.1, 0.15) is 5.56 Å². The Morgan fingerprint density at radius 1 is 1.11 bits per heavy atom. The van der Waals surface area contributed by atoms with Crippen molar-refractivity contribution in [1.29, 1.82) is 0 Å². The van der Waals surface area contributed by atoms with Gasteiger partial charge in [-0.05, 0) is 5.56 Å². The number of hydrogen-bond donors (Lipinski definition) is 0. The molecule has 0 aliphatic carbocycles. The molecule has 0 aliphatic rings. The highest BCUT2D eigenvalue weighted by atomic mass is 35.5. The van der Waals surface area contributed by atoms with Crippen molar-refractivity contribution in [1.82, 2.24) is 4.98 Å². The first kappa shape index (κ1) is 14.9. The van der Waals surface area contributed by atoms with E-state index < -0.39 is 24.3 Å². The molecule has 102 valence electrons. The number of aromatic nitrogens is 1. The maximum absolute atomic E-state index is 12.2. The lowest BCUT2D eigenvalue weighted by Crippen LogP contribution is -2.46. The molecule has 0 atom stereocenters. The summed E-state index contributed by atoms with van der Waals surface area (Å²) in [5.41, 5.74) is 0.444. The van der Waals surface area contributed by atoms with Crippen LogP contribution in [-0.4, -0.2) is 23.4 Å². The third-order valence-electron chi connectivity index (χ3n) is 1.79. The van der Waals surface area contributed by atoms with Gasteiger partial charge in [0.05, 0.1) is 0 Å². The van der Waals surface area contributed by atoms with Crippen molar-refractivity contribution in [3.05, 3.63) is 23.9 Å². The molecule has 1 aromatic rings.